The van der Waals surface area contributed by atoms with Crippen molar-refractivity contribution in [3.8, 4) is 5.75 Å². The number of rotatable bonds is 11. The number of nitrogens with one attached hydrogen (secondary N) is 3. The highest BCUT2D eigenvalue weighted by Crippen LogP contribution is 2.16. The van der Waals surface area contributed by atoms with Gasteiger partial charge in [0.05, 0.1) is 13.2 Å². The maximum atomic E-state index is 12.3. The molecule has 0 aliphatic carbocycles. The number of amides is 2. The summed E-state index contributed by atoms with van der Waals surface area (Å²) in [5, 5.41) is 8.73. The van der Waals surface area contributed by atoms with Crippen molar-refractivity contribution < 1.29 is 14.3 Å². The summed E-state index contributed by atoms with van der Waals surface area (Å²) >= 11 is 0. The lowest BCUT2D eigenvalue weighted by Crippen LogP contribution is -2.24. The Kier molecular flexibility index (Phi) is 8.69. The molecule has 0 aromatic heterocycles. The average molecular weight is 432 g/mol. The van der Waals surface area contributed by atoms with Crippen LogP contribution in [0.5, 0.6) is 5.75 Å². The molecule has 6 nitrogen and oxygen atoms in total. The molecule has 0 fully saturated rings. The predicted octanol–water partition coefficient (Wildman–Crippen LogP) is 4.50. The van der Waals surface area contributed by atoms with E-state index >= 15 is 0 Å². The van der Waals surface area contributed by atoms with Gasteiger partial charge in [0.1, 0.15) is 5.75 Å². The molecule has 0 spiro atoms. The molecule has 3 aromatic carbocycles. The summed E-state index contributed by atoms with van der Waals surface area (Å²) in [6.45, 7) is 3.34. The highest BCUT2D eigenvalue weighted by atomic mass is 16.5. The molecule has 0 heterocycles. The zero-order chi connectivity index (χ0) is 22.6. The SMILES string of the molecule is CCCNC(=O)c1cccc(NC(=O)CNc2ccc(OCCc3ccccc3)cc2)c1. The zero-order valence-electron chi connectivity index (χ0n) is 18.3. The Morgan fingerprint density at radius 2 is 1.66 bits per heavy atom. The minimum Gasteiger partial charge on any atom is -0.493 e. The van der Waals surface area contributed by atoms with Gasteiger partial charge in [0, 0.05) is 29.9 Å². The van der Waals surface area contributed by atoms with E-state index < -0.39 is 0 Å². The lowest BCUT2D eigenvalue weighted by molar-refractivity contribution is -0.114. The van der Waals surface area contributed by atoms with Crippen molar-refractivity contribution in [1.82, 2.24) is 5.32 Å². The third kappa shape index (κ3) is 7.47. The van der Waals surface area contributed by atoms with Crippen LogP contribution in [0.3, 0.4) is 0 Å². The average Bonchev–Trinajstić information content (AvgIpc) is 2.83. The first kappa shape index (κ1) is 22.9. The van der Waals surface area contributed by atoms with Crippen LogP contribution in [-0.4, -0.2) is 31.5 Å². The molecule has 3 N–H and O–H groups in total. The molecule has 32 heavy (non-hydrogen) atoms. The summed E-state index contributed by atoms with van der Waals surface area (Å²) in [5.41, 5.74) is 3.17. The van der Waals surface area contributed by atoms with Crippen LogP contribution in [0.1, 0.15) is 29.3 Å². The Morgan fingerprint density at radius 1 is 0.875 bits per heavy atom. The largest absolute Gasteiger partial charge is 0.493 e. The standard InChI is InChI=1S/C26H29N3O3/c1-2-16-27-26(31)21-9-6-10-23(18-21)29-25(30)19-28-22-11-13-24(14-12-22)32-17-15-20-7-4-3-5-8-20/h3-14,18,28H,2,15-17,19H2,1H3,(H,27,31)(H,29,30). The molecule has 0 bridgehead atoms. The fourth-order valence-electron chi connectivity index (χ4n) is 3.07. The molecule has 0 radical (unpaired) electrons. The van der Waals surface area contributed by atoms with Crippen molar-refractivity contribution >= 4 is 23.2 Å². The number of carbonyl (C=O) groups excluding carboxylic acids is 2. The molecule has 0 aliphatic rings. The first-order valence-corrected chi connectivity index (χ1v) is 10.8. The molecule has 0 saturated carbocycles. The first-order valence-electron chi connectivity index (χ1n) is 10.8. The van der Waals surface area contributed by atoms with E-state index in [9.17, 15) is 9.59 Å². The summed E-state index contributed by atoms with van der Waals surface area (Å²) in [7, 11) is 0. The van der Waals surface area contributed by atoms with E-state index in [2.05, 4.69) is 28.1 Å². The van der Waals surface area contributed by atoms with Crippen molar-refractivity contribution in [1.29, 1.82) is 0 Å². The van der Waals surface area contributed by atoms with Crippen LogP contribution < -0.4 is 20.7 Å². The maximum absolute atomic E-state index is 12.3. The third-order valence-electron chi connectivity index (χ3n) is 4.75. The molecule has 3 rings (SSSR count). The molecule has 166 valence electrons. The van der Waals surface area contributed by atoms with Crippen LogP contribution in [0.15, 0.2) is 78.9 Å². The maximum Gasteiger partial charge on any atom is 0.251 e. The van der Waals surface area contributed by atoms with Crippen molar-refractivity contribution in [3.05, 3.63) is 90.0 Å². The van der Waals surface area contributed by atoms with Gasteiger partial charge in [-0.05, 0) is 54.4 Å². The zero-order valence-corrected chi connectivity index (χ0v) is 18.3. The van der Waals surface area contributed by atoms with Crippen LogP contribution >= 0.6 is 0 Å². The van der Waals surface area contributed by atoms with Crippen molar-refractivity contribution in [3.63, 3.8) is 0 Å². The van der Waals surface area contributed by atoms with Crippen LogP contribution in [-0.2, 0) is 11.2 Å². The molecule has 0 atom stereocenters. The number of carbonyl (C=O) groups is 2. The van der Waals surface area contributed by atoms with Gasteiger partial charge in [-0.1, -0.05) is 43.3 Å². The summed E-state index contributed by atoms with van der Waals surface area (Å²) in [4.78, 5) is 24.4. The molecular weight excluding hydrogens is 402 g/mol. The number of hydrogen-bond donors (Lipinski definition) is 3. The first-order chi connectivity index (χ1) is 15.6. The Balaban J connectivity index is 1.42. The highest BCUT2D eigenvalue weighted by Gasteiger charge is 2.07. The van der Waals surface area contributed by atoms with E-state index in [0.717, 1.165) is 24.3 Å². The van der Waals surface area contributed by atoms with E-state index in [-0.39, 0.29) is 18.4 Å². The fourth-order valence-corrected chi connectivity index (χ4v) is 3.07. The number of ether oxygens (including phenoxy) is 1. The second-order valence-electron chi connectivity index (χ2n) is 7.35. The molecule has 6 heteroatoms. The molecule has 0 aliphatic heterocycles. The van der Waals surface area contributed by atoms with Gasteiger partial charge in [-0.2, -0.15) is 0 Å². The van der Waals surface area contributed by atoms with Gasteiger partial charge in [0.25, 0.3) is 5.91 Å². The second kappa shape index (κ2) is 12.2. The summed E-state index contributed by atoms with van der Waals surface area (Å²) in [5.74, 6) is 0.445. The summed E-state index contributed by atoms with van der Waals surface area (Å²) in [6.07, 6.45) is 1.72. The number of anilines is 2. The Labute approximate surface area is 189 Å². The van der Waals surface area contributed by atoms with Gasteiger partial charge in [0.2, 0.25) is 5.91 Å². The lowest BCUT2D eigenvalue weighted by atomic mass is 10.2. The predicted molar refractivity (Wildman–Crippen MR) is 128 cm³/mol. The second-order valence-corrected chi connectivity index (χ2v) is 7.35. The quantitative estimate of drug-likeness (QED) is 0.418. The summed E-state index contributed by atoms with van der Waals surface area (Å²) < 4.78 is 5.78. The fraction of sp³-hybridized carbons (Fsp3) is 0.231. The molecule has 2 amide bonds. The van der Waals surface area contributed by atoms with Gasteiger partial charge in [-0.25, -0.2) is 0 Å². The number of hydrogen-bond acceptors (Lipinski definition) is 4. The Morgan fingerprint density at radius 3 is 2.41 bits per heavy atom. The van der Waals surface area contributed by atoms with Crippen molar-refractivity contribution in [2.45, 2.75) is 19.8 Å². The minimum atomic E-state index is -0.195. The van der Waals surface area contributed by atoms with E-state index in [1.807, 2.05) is 49.4 Å². The molecule has 0 saturated heterocycles. The van der Waals surface area contributed by atoms with Crippen LogP contribution in [0, 0.1) is 0 Å². The highest BCUT2D eigenvalue weighted by molar-refractivity contribution is 5.98. The van der Waals surface area contributed by atoms with Crippen LogP contribution in [0.4, 0.5) is 11.4 Å². The van der Waals surface area contributed by atoms with E-state index in [0.29, 0.717) is 24.4 Å². The van der Waals surface area contributed by atoms with E-state index in [4.69, 9.17) is 4.74 Å². The molecule has 0 unspecified atom stereocenters. The lowest BCUT2D eigenvalue weighted by Gasteiger charge is -2.10. The van der Waals surface area contributed by atoms with E-state index in [1.54, 1.807) is 24.3 Å². The third-order valence-corrected chi connectivity index (χ3v) is 4.75. The normalized spacial score (nSPS) is 10.3. The smallest absolute Gasteiger partial charge is 0.251 e. The minimum absolute atomic E-state index is 0.112. The molecular formula is C26H29N3O3. The topological polar surface area (TPSA) is 79.5 Å². The summed E-state index contributed by atoms with van der Waals surface area (Å²) in [6, 6.07) is 24.6. The van der Waals surface area contributed by atoms with Crippen LogP contribution in [0.2, 0.25) is 0 Å². The van der Waals surface area contributed by atoms with Gasteiger partial charge in [-0.3, -0.25) is 9.59 Å². The van der Waals surface area contributed by atoms with Crippen LogP contribution in [0.25, 0.3) is 0 Å². The number of benzene rings is 3. The van der Waals surface area contributed by atoms with E-state index in [1.165, 1.54) is 5.56 Å². The van der Waals surface area contributed by atoms with Gasteiger partial charge < -0.3 is 20.7 Å². The Hall–Kier alpha value is -3.80. The van der Waals surface area contributed by atoms with Crippen molar-refractivity contribution in [2.75, 3.05) is 30.3 Å². The molecule has 3 aromatic rings. The van der Waals surface area contributed by atoms with Gasteiger partial charge in [0.15, 0.2) is 0 Å². The van der Waals surface area contributed by atoms with Gasteiger partial charge >= 0.3 is 0 Å². The monoisotopic (exact) mass is 431 g/mol. The Bertz CT molecular complexity index is 1000. The van der Waals surface area contributed by atoms with Gasteiger partial charge in [-0.15, -0.1) is 0 Å². The van der Waals surface area contributed by atoms with Crippen molar-refractivity contribution in [2.24, 2.45) is 0 Å².